The van der Waals surface area contributed by atoms with E-state index in [1.165, 1.54) is 6.20 Å². The molecule has 0 saturated carbocycles. The molecule has 20 heavy (non-hydrogen) atoms. The average Bonchev–Trinajstić information content (AvgIpc) is 2.86. The van der Waals surface area contributed by atoms with Crippen molar-refractivity contribution in [3.63, 3.8) is 0 Å². The fourth-order valence-corrected chi connectivity index (χ4v) is 4.14. The van der Waals surface area contributed by atoms with Crippen LogP contribution in [0.2, 0.25) is 0 Å². The van der Waals surface area contributed by atoms with E-state index < -0.39 is 16.1 Å². The van der Waals surface area contributed by atoms with Crippen molar-refractivity contribution in [3.05, 3.63) is 47.1 Å². The largest absolute Gasteiger partial charge is 0.395 e. The quantitative estimate of drug-likeness (QED) is 0.843. The number of aliphatic hydroxyl groups excluding tert-OH is 1. The Kier molecular flexibility index (Phi) is 4.87. The Morgan fingerprint density at radius 2 is 2.05 bits per heavy atom. The number of aromatic nitrogens is 1. The van der Waals surface area contributed by atoms with Crippen molar-refractivity contribution in [2.75, 3.05) is 6.61 Å². The fourth-order valence-electron chi connectivity index (χ4n) is 1.79. The third kappa shape index (κ3) is 3.86. The van der Waals surface area contributed by atoms with Crippen LogP contribution in [0.15, 0.2) is 40.7 Å². The normalized spacial score (nSPS) is 13.3. The SMILES string of the molecule is Cc1ncc(S(=O)(=O)N[C@H](CO)Cc2ccccc2)s1. The first-order valence-corrected chi connectivity index (χ1v) is 8.41. The summed E-state index contributed by atoms with van der Waals surface area (Å²) < 4.78 is 27.0. The van der Waals surface area contributed by atoms with Crippen LogP contribution in [-0.2, 0) is 16.4 Å². The molecule has 0 fully saturated rings. The molecule has 0 saturated heterocycles. The van der Waals surface area contributed by atoms with Gasteiger partial charge in [-0.15, -0.1) is 11.3 Å². The molecule has 1 aromatic heterocycles. The summed E-state index contributed by atoms with van der Waals surface area (Å²) >= 11 is 1.11. The summed E-state index contributed by atoms with van der Waals surface area (Å²) in [6.45, 7) is 1.49. The maximum atomic E-state index is 12.2. The van der Waals surface area contributed by atoms with Crippen LogP contribution in [0, 0.1) is 6.92 Å². The van der Waals surface area contributed by atoms with Crippen LogP contribution < -0.4 is 4.72 Å². The van der Waals surface area contributed by atoms with Crippen LogP contribution in [0.3, 0.4) is 0 Å². The van der Waals surface area contributed by atoms with Crippen LogP contribution in [-0.4, -0.2) is 31.2 Å². The Labute approximate surface area is 122 Å². The highest BCUT2D eigenvalue weighted by molar-refractivity contribution is 7.91. The summed E-state index contributed by atoms with van der Waals surface area (Å²) in [4.78, 5) is 3.94. The van der Waals surface area contributed by atoms with Crippen LogP contribution in [0.4, 0.5) is 0 Å². The predicted octanol–water partition coefficient (Wildman–Crippen LogP) is 1.33. The van der Waals surface area contributed by atoms with Gasteiger partial charge in [0.25, 0.3) is 10.0 Å². The summed E-state index contributed by atoms with van der Waals surface area (Å²) in [5.41, 5.74) is 0.967. The summed E-state index contributed by atoms with van der Waals surface area (Å²) in [5.74, 6) is 0. The molecule has 0 aliphatic rings. The molecule has 0 spiro atoms. The predicted molar refractivity (Wildman–Crippen MR) is 78.2 cm³/mol. The number of aliphatic hydroxyl groups is 1. The van der Waals surface area contributed by atoms with E-state index >= 15 is 0 Å². The molecule has 5 nitrogen and oxygen atoms in total. The van der Waals surface area contributed by atoms with Gasteiger partial charge in [-0.05, 0) is 18.9 Å². The molecule has 108 valence electrons. The Bertz CT molecular complexity index is 653. The molecule has 0 amide bonds. The van der Waals surface area contributed by atoms with E-state index in [1.54, 1.807) is 6.92 Å². The van der Waals surface area contributed by atoms with Crippen molar-refractivity contribution in [2.24, 2.45) is 0 Å². The van der Waals surface area contributed by atoms with Gasteiger partial charge in [0.1, 0.15) is 0 Å². The first-order valence-electron chi connectivity index (χ1n) is 6.11. The maximum Gasteiger partial charge on any atom is 0.252 e. The van der Waals surface area contributed by atoms with Crippen molar-refractivity contribution in [2.45, 2.75) is 23.6 Å². The lowest BCUT2D eigenvalue weighted by Crippen LogP contribution is -2.38. The van der Waals surface area contributed by atoms with Gasteiger partial charge in [-0.3, -0.25) is 0 Å². The molecule has 0 aliphatic heterocycles. The van der Waals surface area contributed by atoms with Gasteiger partial charge in [0, 0.05) is 6.04 Å². The van der Waals surface area contributed by atoms with Gasteiger partial charge >= 0.3 is 0 Å². The Balaban J connectivity index is 2.10. The molecule has 0 aliphatic carbocycles. The van der Waals surface area contributed by atoms with Gasteiger partial charge in [0.15, 0.2) is 4.21 Å². The lowest BCUT2D eigenvalue weighted by Gasteiger charge is -2.15. The van der Waals surface area contributed by atoms with Gasteiger partial charge in [-0.25, -0.2) is 18.1 Å². The summed E-state index contributed by atoms with van der Waals surface area (Å²) in [7, 11) is -3.62. The molecule has 0 radical (unpaired) electrons. The van der Waals surface area contributed by atoms with Crippen LogP contribution in [0.25, 0.3) is 0 Å². The molecule has 0 unspecified atom stereocenters. The number of rotatable bonds is 6. The van der Waals surface area contributed by atoms with Crippen LogP contribution in [0.5, 0.6) is 0 Å². The molecule has 1 atom stereocenters. The van der Waals surface area contributed by atoms with E-state index in [4.69, 9.17) is 0 Å². The molecule has 1 aromatic carbocycles. The lowest BCUT2D eigenvalue weighted by atomic mass is 10.1. The van der Waals surface area contributed by atoms with Crippen molar-refractivity contribution in [1.82, 2.24) is 9.71 Å². The first kappa shape index (κ1) is 15.1. The molecule has 0 bridgehead atoms. The van der Waals surface area contributed by atoms with Crippen LogP contribution in [0.1, 0.15) is 10.6 Å². The van der Waals surface area contributed by atoms with E-state index in [0.29, 0.717) is 11.4 Å². The zero-order valence-corrected chi connectivity index (χ0v) is 12.6. The van der Waals surface area contributed by atoms with E-state index in [0.717, 1.165) is 16.9 Å². The summed E-state index contributed by atoms with van der Waals surface area (Å²) in [6, 6.07) is 8.89. The number of hydrogen-bond donors (Lipinski definition) is 2. The summed E-state index contributed by atoms with van der Waals surface area (Å²) in [5, 5.41) is 10.1. The Hall–Kier alpha value is -1.28. The maximum absolute atomic E-state index is 12.2. The van der Waals surface area contributed by atoms with Crippen molar-refractivity contribution >= 4 is 21.4 Å². The zero-order chi connectivity index (χ0) is 14.6. The van der Waals surface area contributed by atoms with Crippen molar-refractivity contribution in [3.8, 4) is 0 Å². The van der Waals surface area contributed by atoms with Gasteiger partial charge < -0.3 is 5.11 Å². The highest BCUT2D eigenvalue weighted by Gasteiger charge is 2.21. The fraction of sp³-hybridized carbons (Fsp3) is 0.308. The van der Waals surface area contributed by atoms with E-state index in [-0.39, 0.29) is 10.8 Å². The number of aryl methyl sites for hydroxylation is 1. The monoisotopic (exact) mass is 312 g/mol. The zero-order valence-electron chi connectivity index (χ0n) is 11.0. The minimum atomic E-state index is -3.62. The minimum Gasteiger partial charge on any atom is -0.395 e. The Morgan fingerprint density at radius 1 is 1.35 bits per heavy atom. The third-order valence-electron chi connectivity index (χ3n) is 2.73. The van der Waals surface area contributed by atoms with Crippen molar-refractivity contribution < 1.29 is 13.5 Å². The standard InChI is InChI=1S/C13H16N2O3S2/c1-10-14-8-13(19-10)20(17,18)15-12(9-16)7-11-5-3-2-4-6-11/h2-6,8,12,15-16H,7,9H2,1H3/t12-/m0/s1. The topological polar surface area (TPSA) is 79.3 Å². The van der Waals surface area contributed by atoms with E-state index in [1.807, 2.05) is 30.3 Å². The molecule has 1 heterocycles. The molecular formula is C13H16N2O3S2. The second-order valence-electron chi connectivity index (χ2n) is 4.39. The number of benzene rings is 1. The van der Waals surface area contributed by atoms with Crippen LogP contribution >= 0.6 is 11.3 Å². The average molecular weight is 312 g/mol. The van der Waals surface area contributed by atoms with Gasteiger partial charge in [-0.1, -0.05) is 30.3 Å². The lowest BCUT2D eigenvalue weighted by molar-refractivity contribution is 0.256. The van der Waals surface area contributed by atoms with Gasteiger partial charge in [0.2, 0.25) is 0 Å². The smallest absolute Gasteiger partial charge is 0.252 e. The summed E-state index contributed by atoms with van der Waals surface area (Å²) in [6.07, 6.45) is 1.77. The number of sulfonamides is 1. The number of nitrogens with one attached hydrogen (secondary N) is 1. The highest BCUT2D eigenvalue weighted by Crippen LogP contribution is 2.18. The molecular weight excluding hydrogens is 296 g/mol. The van der Waals surface area contributed by atoms with E-state index in [9.17, 15) is 13.5 Å². The number of hydrogen-bond acceptors (Lipinski definition) is 5. The number of nitrogens with zero attached hydrogens (tertiary/aromatic N) is 1. The number of thiazole rings is 1. The molecule has 7 heteroatoms. The first-order chi connectivity index (χ1) is 9.51. The molecule has 2 aromatic rings. The molecule has 2 N–H and O–H groups in total. The third-order valence-corrected chi connectivity index (χ3v) is 5.63. The Morgan fingerprint density at radius 3 is 2.60 bits per heavy atom. The van der Waals surface area contributed by atoms with E-state index in [2.05, 4.69) is 9.71 Å². The van der Waals surface area contributed by atoms with Gasteiger partial charge in [0.05, 0.1) is 17.8 Å². The molecule has 2 rings (SSSR count). The minimum absolute atomic E-state index is 0.168. The van der Waals surface area contributed by atoms with Crippen molar-refractivity contribution in [1.29, 1.82) is 0 Å². The van der Waals surface area contributed by atoms with Gasteiger partial charge in [-0.2, -0.15) is 0 Å². The second kappa shape index (κ2) is 6.45. The highest BCUT2D eigenvalue weighted by atomic mass is 32.2. The second-order valence-corrected chi connectivity index (χ2v) is 7.56.